The van der Waals surface area contributed by atoms with E-state index in [9.17, 15) is 5.11 Å². The van der Waals surface area contributed by atoms with E-state index < -0.39 is 0 Å². The molecule has 1 saturated heterocycles. The fourth-order valence-corrected chi connectivity index (χ4v) is 4.68. The van der Waals surface area contributed by atoms with Gasteiger partial charge in [-0.05, 0) is 50.3 Å². The molecule has 2 fully saturated rings. The molecule has 0 amide bonds. The summed E-state index contributed by atoms with van der Waals surface area (Å²) in [4.78, 5) is 4.87. The van der Waals surface area contributed by atoms with Crippen LogP contribution < -0.4 is 10.6 Å². The molecule has 1 atom stereocenters. The number of ether oxygens (including phenoxy) is 1. The van der Waals surface area contributed by atoms with E-state index in [1.807, 2.05) is 12.1 Å². The molecule has 1 unspecified atom stereocenters. The number of rotatable bonds is 8. The molecule has 5 nitrogen and oxygen atoms in total. The van der Waals surface area contributed by atoms with Crippen LogP contribution in [0.15, 0.2) is 29.3 Å². The van der Waals surface area contributed by atoms with Crippen molar-refractivity contribution in [3.05, 3.63) is 34.9 Å². The zero-order valence-electron chi connectivity index (χ0n) is 17.4. The predicted molar refractivity (Wildman–Crippen MR) is 131 cm³/mol. The van der Waals surface area contributed by atoms with Crippen LogP contribution in [-0.4, -0.2) is 50.5 Å². The molecule has 1 saturated carbocycles. The number of aliphatic imine (C=N–C) groups is 1. The predicted octanol–water partition coefficient (Wildman–Crippen LogP) is 4.11. The van der Waals surface area contributed by atoms with Crippen LogP contribution in [0.3, 0.4) is 0 Å². The monoisotopic (exact) mass is 535 g/mol. The van der Waals surface area contributed by atoms with Crippen molar-refractivity contribution < 1.29 is 9.84 Å². The first-order valence-electron chi connectivity index (χ1n) is 10.6. The van der Waals surface area contributed by atoms with Crippen LogP contribution in [0.1, 0.15) is 51.0 Å². The van der Waals surface area contributed by atoms with Crippen molar-refractivity contribution in [3.63, 3.8) is 0 Å². The average molecular weight is 536 g/mol. The Morgan fingerprint density at radius 2 is 1.90 bits per heavy atom. The van der Waals surface area contributed by atoms with Crippen LogP contribution in [0.4, 0.5) is 0 Å². The van der Waals surface area contributed by atoms with Gasteiger partial charge in [0.15, 0.2) is 5.96 Å². The number of nitrogens with zero attached hydrogens (tertiary/aromatic N) is 1. The number of halogens is 2. The molecule has 0 bridgehead atoms. The van der Waals surface area contributed by atoms with Crippen LogP contribution >= 0.6 is 35.6 Å². The zero-order chi connectivity index (χ0) is 19.9. The molecule has 164 valence electrons. The molecule has 0 aromatic heterocycles. The maximum atomic E-state index is 9.44. The highest BCUT2D eigenvalue weighted by Gasteiger charge is 2.36. The summed E-state index contributed by atoms with van der Waals surface area (Å²) in [5.41, 5.74) is 1.47. The van der Waals surface area contributed by atoms with Gasteiger partial charge in [-0.25, -0.2) is 0 Å². The first kappa shape index (κ1) is 24.7. The summed E-state index contributed by atoms with van der Waals surface area (Å²) in [6.07, 6.45) is 6.59. The Hall–Kier alpha value is -0.570. The Kier molecular flexibility index (Phi) is 9.98. The molecule has 3 rings (SSSR count). The van der Waals surface area contributed by atoms with Crippen LogP contribution in [0, 0.1) is 5.41 Å². The van der Waals surface area contributed by atoms with Crippen LogP contribution in [-0.2, 0) is 10.2 Å². The van der Waals surface area contributed by atoms with Gasteiger partial charge in [-0.15, -0.1) is 24.0 Å². The molecular weight excluding hydrogens is 501 g/mol. The Morgan fingerprint density at radius 1 is 1.17 bits per heavy atom. The van der Waals surface area contributed by atoms with Crippen molar-refractivity contribution in [2.45, 2.75) is 50.9 Å². The summed E-state index contributed by atoms with van der Waals surface area (Å²) in [6, 6.07) is 8.33. The Balaban J connectivity index is 0.00000300. The van der Waals surface area contributed by atoms with Gasteiger partial charge in [0.2, 0.25) is 0 Å². The topological polar surface area (TPSA) is 65.9 Å². The molecular formula is C22H35ClIN3O2. The van der Waals surface area contributed by atoms with Gasteiger partial charge in [0.1, 0.15) is 0 Å². The third-order valence-electron chi connectivity index (χ3n) is 6.36. The summed E-state index contributed by atoms with van der Waals surface area (Å²) in [5.74, 6) is 0.854. The van der Waals surface area contributed by atoms with E-state index in [2.05, 4.69) is 29.7 Å². The fraction of sp³-hybridized carbons (Fsp3) is 0.682. The highest BCUT2D eigenvalue weighted by molar-refractivity contribution is 14.0. The zero-order valence-corrected chi connectivity index (χ0v) is 20.5. The second-order valence-corrected chi connectivity index (χ2v) is 8.76. The minimum atomic E-state index is -0.0294. The number of benzene rings is 1. The standard InChI is InChI=1S/C22H34ClN3O2.HI/c1-2-24-20(25-15-21(11-13-27)12-14-28-17-21)26-16-22(9-3-4-10-22)18-5-7-19(23)8-6-18;/h5-8,27H,2-4,9-17H2,1H3,(H2,24,25,26);1H. The molecule has 7 heteroatoms. The molecule has 1 heterocycles. The molecule has 1 aromatic carbocycles. The SMILES string of the molecule is CCNC(=NCC1(CCO)CCOC1)NCC1(c2ccc(Cl)cc2)CCCC1.I. The lowest BCUT2D eigenvalue weighted by molar-refractivity contribution is 0.131. The van der Waals surface area contributed by atoms with Crippen LogP contribution in [0.25, 0.3) is 0 Å². The number of hydrogen-bond acceptors (Lipinski definition) is 3. The average Bonchev–Trinajstić information content (AvgIpc) is 3.36. The lowest BCUT2D eigenvalue weighted by Gasteiger charge is -2.31. The molecule has 0 spiro atoms. The van der Waals surface area contributed by atoms with Crippen molar-refractivity contribution in [2.75, 3.05) is 39.5 Å². The maximum absolute atomic E-state index is 9.44. The normalized spacial score (nSPS) is 23.6. The molecule has 1 aromatic rings. The van der Waals surface area contributed by atoms with E-state index in [1.165, 1.54) is 31.2 Å². The molecule has 1 aliphatic carbocycles. The highest BCUT2D eigenvalue weighted by Crippen LogP contribution is 2.41. The van der Waals surface area contributed by atoms with Crippen molar-refractivity contribution in [3.8, 4) is 0 Å². The number of guanidine groups is 1. The number of aliphatic hydroxyl groups is 1. The molecule has 2 aliphatic rings. The smallest absolute Gasteiger partial charge is 0.191 e. The molecule has 1 aliphatic heterocycles. The van der Waals surface area contributed by atoms with Crippen molar-refractivity contribution in [2.24, 2.45) is 10.4 Å². The van der Waals surface area contributed by atoms with E-state index in [0.717, 1.165) is 43.5 Å². The van der Waals surface area contributed by atoms with Gasteiger partial charge >= 0.3 is 0 Å². The van der Waals surface area contributed by atoms with E-state index in [1.54, 1.807) is 0 Å². The minimum absolute atomic E-state index is 0. The van der Waals surface area contributed by atoms with E-state index >= 15 is 0 Å². The molecule has 0 radical (unpaired) electrons. The lowest BCUT2D eigenvalue weighted by atomic mass is 9.79. The van der Waals surface area contributed by atoms with E-state index in [0.29, 0.717) is 13.2 Å². The quantitative estimate of drug-likeness (QED) is 0.266. The Morgan fingerprint density at radius 3 is 2.48 bits per heavy atom. The van der Waals surface area contributed by atoms with E-state index in [4.69, 9.17) is 21.3 Å². The van der Waals surface area contributed by atoms with Crippen molar-refractivity contribution in [1.29, 1.82) is 0 Å². The molecule has 29 heavy (non-hydrogen) atoms. The van der Waals surface area contributed by atoms with E-state index in [-0.39, 0.29) is 41.4 Å². The summed E-state index contributed by atoms with van der Waals surface area (Å²) in [7, 11) is 0. The minimum Gasteiger partial charge on any atom is -0.396 e. The Bertz CT molecular complexity index is 642. The largest absolute Gasteiger partial charge is 0.396 e. The first-order valence-corrected chi connectivity index (χ1v) is 11.0. The van der Waals surface area contributed by atoms with Gasteiger partial charge in [-0.2, -0.15) is 0 Å². The summed E-state index contributed by atoms with van der Waals surface area (Å²) < 4.78 is 5.60. The van der Waals surface area contributed by atoms with Gasteiger partial charge < -0.3 is 20.5 Å². The van der Waals surface area contributed by atoms with Crippen molar-refractivity contribution in [1.82, 2.24) is 10.6 Å². The third-order valence-corrected chi connectivity index (χ3v) is 6.61. The number of nitrogens with one attached hydrogen (secondary N) is 2. The van der Waals surface area contributed by atoms with Gasteiger partial charge in [0, 0.05) is 42.2 Å². The second kappa shape index (κ2) is 11.7. The maximum Gasteiger partial charge on any atom is 0.191 e. The van der Waals surface area contributed by atoms with Crippen LogP contribution in [0.5, 0.6) is 0 Å². The fourth-order valence-electron chi connectivity index (χ4n) is 4.55. The highest BCUT2D eigenvalue weighted by atomic mass is 127. The van der Waals surface area contributed by atoms with Gasteiger partial charge in [-0.1, -0.05) is 36.6 Å². The second-order valence-electron chi connectivity index (χ2n) is 8.32. The van der Waals surface area contributed by atoms with Crippen LogP contribution in [0.2, 0.25) is 5.02 Å². The summed E-state index contributed by atoms with van der Waals surface area (Å²) in [5, 5.41) is 17.2. The number of hydrogen-bond donors (Lipinski definition) is 3. The summed E-state index contributed by atoms with van der Waals surface area (Å²) >= 11 is 6.10. The molecule has 3 N–H and O–H groups in total. The number of aliphatic hydroxyl groups excluding tert-OH is 1. The summed E-state index contributed by atoms with van der Waals surface area (Å²) in [6.45, 7) is 6.08. The van der Waals surface area contributed by atoms with Crippen molar-refractivity contribution >= 4 is 41.5 Å². The third kappa shape index (κ3) is 6.45. The lowest BCUT2D eigenvalue weighted by Crippen LogP contribution is -2.45. The van der Waals surface area contributed by atoms with Gasteiger partial charge in [0.25, 0.3) is 0 Å². The van der Waals surface area contributed by atoms with Gasteiger partial charge in [0.05, 0.1) is 13.2 Å². The first-order chi connectivity index (χ1) is 13.6. The Labute approximate surface area is 197 Å². The van der Waals surface area contributed by atoms with Gasteiger partial charge in [-0.3, -0.25) is 4.99 Å².